The molecule has 2 atom stereocenters. The molecule has 1 aliphatic heterocycles. The minimum atomic E-state index is -0.752. The number of aliphatic hydroxyl groups is 1. The SMILES string of the molecule is COc1ccc(Cl)cc1C(=O)N[C@@H]1CCN(CC(=O)N(C)C)C[C@H]1O. The van der Waals surface area contributed by atoms with Crippen molar-refractivity contribution in [3.63, 3.8) is 0 Å². The summed E-state index contributed by atoms with van der Waals surface area (Å²) in [5.74, 6) is 0.0602. The van der Waals surface area contributed by atoms with Crippen LogP contribution in [-0.2, 0) is 4.79 Å². The molecule has 0 aliphatic carbocycles. The van der Waals surface area contributed by atoms with E-state index in [0.717, 1.165) is 0 Å². The number of likely N-dealkylation sites (N-methyl/N-ethyl adjacent to an activating group) is 1. The quantitative estimate of drug-likeness (QED) is 0.794. The van der Waals surface area contributed by atoms with Crippen molar-refractivity contribution in [3.05, 3.63) is 28.8 Å². The maximum absolute atomic E-state index is 12.5. The van der Waals surface area contributed by atoms with Crippen LogP contribution in [0.5, 0.6) is 5.75 Å². The van der Waals surface area contributed by atoms with Crippen molar-refractivity contribution >= 4 is 23.4 Å². The van der Waals surface area contributed by atoms with Crippen molar-refractivity contribution in [2.75, 3.05) is 40.8 Å². The lowest BCUT2D eigenvalue weighted by Gasteiger charge is -2.36. The molecule has 1 aromatic rings. The fraction of sp³-hybridized carbons (Fsp3) is 0.529. The molecule has 2 amide bonds. The Morgan fingerprint density at radius 1 is 1.44 bits per heavy atom. The molecule has 1 saturated heterocycles. The average Bonchev–Trinajstić information content (AvgIpc) is 2.57. The molecule has 0 bridgehead atoms. The normalized spacial score (nSPS) is 20.8. The van der Waals surface area contributed by atoms with Crippen molar-refractivity contribution in [3.8, 4) is 5.75 Å². The molecule has 0 unspecified atom stereocenters. The van der Waals surface area contributed by atoms with Crippen molar-refractivity contribution in [1.82, 2.24) is 15.1 Å². The minimum Gasteiger partial charge on any atom is -0.496 e. The van der Waals surface area contributed by atoms with E-state index in [1.807, 2.05) is 4.90 Å². The molecule has 138 valence electrons. The molecule has 2 N–H and O–H groups in total. The summed E-state index contributed by atoms with van der Waals surface area (Å²) in [6.45, 7) is 1.21. The summed E-state index contributed by atoms with van der Waals surface area (Å²) in [5, 5.41) is 13.6. The molecule has 0 aromatic heterocycles. The van der Waals surface area contributed by atoms with Gasteiger partial charge in [0.25, 0.3) is 5.91 Å². The van der Waals surface area contributed by atoms with Crippen LogP contribution in [0.1, 0.15) is 16.8 Å². The lowest BCUT2D eigenvalue weighted by Crippen LogP contribution is -2.55. The lowest BCUT2D eigenvalue weighted by atomic mass is 10.0. The van der Waals surface area contributed by atoms with Gasteiger partial charge in [-0.25, -0.2) is 0 Å². The van der Waals surface area contributed by atoms with E-state index in [1.165, 1.54) is 18.1 Å². The number of β-amino-alcohol motifs (C(OH)–C–C–N with tert-alkyl or cyclic N) is 1. The first kappa shape index (κ1) is 19.5. The predicted molar refractivity (Wildman–Crippen MR) is 95.0 cm³/mol. The number of likely N-dealkylation sites (tertiary alicyclic amines) is 1. The zero-order valence-corrected chi connectivity index (χ0v) is 15.4. The third-order valence-corrected chi connectivity index (χ3v) is 4.48. The average molecular weight is 370 g/mol. The fourth-order valence-corrected chi connectivity index (χ4v) is 2.92. The number of hydrogen-bond acceptors (Lipinski definition) is 5. The molecule has 7 nitrogen and oxygen atoms in total. The third-order valence-electron chi connectivity index (χ3n) is 4.25. The summed E-state index contributed by atoms with van der Waals surface area (Å²) in [4.78, 5) is 27.7. The number of carbonyl (C=O) groups excluding carboxylic acids is 2. The Morgan fingerprint density at radius 3 is 2.76 bits per heavy atom. The number of carbonyl (C=O) groups is 2. The van der Waals surface area contributed by atoms with Crippen LogP contribution in [-0.4, -0.2) is 79.7 Å². The van der Waals surface area contributed by atoms with Crippen LogP contribution in [0, 0.1) is 0 Å². The number of halogens is 1. The molecule has 0 spiro atoms. The van der Waals surface area contributed by atoms with Gasteiger partial charge in [-0.3, -0.25) is 14.5 Å². The molecule has 1 fully saturated rings. The minimum absolute atomic E-state index is 0.0154. The lowest BCUT2D eigenvalue weighted by molar-refractivity contribution is -0.130. The highest BCUT2D eigenvalue weighted by Crippen LogP contribution is 2.23. The van der Waals surface area contributed by atoms with E-state index in [4.69, 9.17) is 16.3 Å². The molecule has 1 aromatic carbocycles. The highest BCUT2D eigenvalue weighted by atomic mass is 35.5. The van der Waals surface area contributed by atoms with Crippen molar-refractivity contribution < 1.29 is 19.4 Å². The Labute approximate surface area is 152 Å². The van der Waals surface area contributed by atoms with Crippen LogP contribution in [0.25, 0.3) is 0 Å². The summed E-state index contributed by atoms with van der Waals surface area (Å²) >= 11 is 5.95. The predicted octanol–water partition coefficient (Wildman–Crippen LogP) is 0.602. The van der Waals surface area contributed by atoms with Gasteiger partial charge in [-0.05, 0) is 24.6 Å². The van der Waals surface area contributed by atoms with E-state index >= 15 is 0 Å². The smallest absolute Gasteiger partial charge is 0.255 e. The summed E-state index contributed by atoms with van der Waals surface area (Å²) in [6, 6.07) is 4.42. The number of rotatable bonds is 5. The van der Waals surface area contributed by atoms with Gasteiger partial charge in [0.15, 0.2) is 0 Å². The van der Waals surface area contributed by atoms with E-state index in [1.54, 1.807) is 26.2 Å². The topological polar surface area (TPSA) is 82.1 Å². The summed E-state index contributed by atoms with van der Waals surface area (Å²) < 4.78 is 5.19. The summed E-state index contributed by atoms with van der Waals surface area (Å²) in [7, 11) is 4.88. The molecule has 0 radical (unpaired) electrons. The van der Waals surface area contributed by atoms with Crippen molar-refractivity contribution in [2.24, 2.45) is 0 Å². The standard InChI is InChI=1S/C17H24ClN3O4/c1-20(2)16(23)10-21-7-6-13(14(22)9-21)19-17(24)12-8-11(18)4-5-15(12)25-3/h4-5,8,13-14,22H,6-7,9-10H2,1-3H3,(H,19,24)/t13-,14-/m1/s1. The van der Waals surface area contributed by atoms with E-state index in [-0.39, 0.29) is 24.4 Å². The molecule has 1 aliphatic rings. The van der Waals surface area contributed by atoms with Crippen LogP contribution >= 0.6 is 11.6 Å². The first-order valence-corrected chi connectivity index (χ1v) is 8.44. The van der Waals surface area contributed by atoms with Gasteiger partial charge in [0.05, 0.1) is 31.4 Å². The number of hydrogen-bond donors (Lipinski definition) is 2. The van der Waals surface area contributed by atoms with E-state index in [0.29, 0.717) is 35.8 Å². The highest BCUT2D eigenvalue weighted by Gasteiger charge is 2.30. The fourth-order valence-electron chi connectivity index (χ4n) is 2.75. The van der Waals surface area contributed by atoms with Gasteiger partial charge >= 0.3 is 0 Å². The number of nitrogens with zero attached hydrogens (tertiary/aromatic N) is 2. The van der Waals surface area contributed by atoms with E-state index in [9.17, 15) is 14.7 Å². The van der Waals surface area contributed by atoms with Crippen molar-refractivity contribution in [2.45, 2.75) is 18.6 Å². The Morgan fingerprint density at radius 2 is 2.16 bits per heavy atom. The first-order chi connectivity index (χ1) is 11.8. The van der Waals surface area contributed by atoms with E-state index in [2.05, 4.69) is 5.32 Å². The van der Waals surface area contributed by atoms with Gasteiger partial charge in [0.1, 0.15) is 5.75 Å². The summed E-state index contributed by atoms with van der Waals surface area (Å²) in [6.07, 6.45) is -0.200. The Hall–Kier alpha value is -1.83. The maximum Gasteiger partial charge on any atom is 0.255 e. The van der Waals surface area contributed by atoms with Crippen LogP contribution in [0.4, 0.5) is 0 Å². The summed E-state index contributed by atoms with van der Waals surface area (Å²) in [5.41, 5.74) is 0.326. The maximum atomic E-state index is 12.5. The van der Waals surface area contributed by atoms with Gasteiger partial charge in [0, 0.05) is 32.2 Å². The number of methoxy groups -OCH3 is 1. The third kappa shape index (κ3) is 5.07. The second kappa shape index (κ2) is 8.51. The molecule has 8 heteroatoms. The Bertz CT molecular complexity index is 638. The molecular weight excluding hydrogens is 346 g/mol. The first-order valence-electron chi connectivity index (χ1n) is 8.06. The Kier molecular flexibility index (Phi) is 6.64. The largest absolute Gasteiger partial charge is 0.496 e. The van der Waals surface area contributed by atoms with E-state index < -0.39 is 6.10 Å². The number of aliphatic hydroxyl groups excluding tert-OH is 1. The van der Waals surface area contributed by atoms with Crippen LogP contribution in [0.3, 0.4) is 0 Å². The van der Waals surface area contributed by atoms with Crippen LogP contribution < -0.4 is 10.1 Å². The van der Waals surface area contributed by atoms with Crippen LogP contribution in [0.15, 0.2) is 18.2 Å². The number of nitrogens with one attached hydrogen (secondary N) is 1. The number of piperidine rings is 1. The van der Waals surface area contributed by atoms with Crippen LogP contribution in [0.2, 0.25) is 5.02 Å². The van der Waals surface area contributed by atoms with Crippen molar-refractivity contribution in [1.29, 1.82) is 0 Å². The molecular formula is C17H24ClN3O4. The molecule has 2 rings (SSSR count). The van der Waals surface area contributed by atoms with Gasteiger partial charge in [-0.2, -0.15) is 0 Å². The number of ether oxygens (including phenoxy) is 1. The monoisotopic (exact) mass is 369 g/mol. The number of benzene rings is 1. The highest BCUT2D eigenvalue weighted by molar-refractivity contribution is 6.31. The second-order valence-corrected chi connectivity index (χ2v) is 6.74. The van der Waals surface area contributed by atoms with Gasteiger partial charge in [-0.1, -0.05) is 11.6 Å². The molecule has 1 heterocycles. The molecule has 0 saturated carbocycles. The van der Waals surface area contributed by atoms with Gasteiger partial charge in [-0.15, -0.1) is 0 Å². The van der Waals surface area contributed by atoms with Gasteiger partial charge < -0.3 is 20.1 Å². The van der Waals surface area contributed by atoms with Gasteiger partial charge in [0.2, 0.25) is 5.91 Å². The molecule has 25 heavy (non-hydrogen) atoms. The zero-order chi connectivity index (χ0) is 18.6. The second-order valence-electron chi connectivity index (χ2n) is 6.30. The zero-order valence-electron chi connectivity index (χ0n) is 14.7. The Balaban J connectivity index is 1.97. The number of amides is 2.